The number of nitrogens with zero attached hydrogens (tertiary/aromatic N) is 4. The predicted octanol–water partition coefficient (Wildman–Crippen LogP) is 3.70. The maximum absolute atomic E-state index is 14.1. The molecule has 0 saturated carbocycles. The molecule has 0 unspecified atom stereocenters. The maximum atomic E-state index is 14.1. The number of piperidine rings is 1. The van der Waals surface area contributed by atoms with Crippen LogP contribution in [0.4, 0.5) is 4.39 Å². The average molecular weight is 398 g/mol. The molecule has 3 heterocycles. The first-order chi connectivity index (χ1) is 13.8. The first kappa shape index (κ1) is 19.6. The van der Waals surface area contributed by atoms with E-state index in [1.807, 2.05) is 37.6 Å². The van der Waals surface area contributed by atoms with Crippen molar-refractivity contribution in [3.63, 3.8) is 0 Å². The van der Waals surface area contributed by atoms with Gasteiger partial charge in [0.2, 0.25) is 0 Å². The highest BCUT2D eigenvalue weighted by Crippen LogP contribution is 2.31. The molecule has 0 N–H and O–H groups in total. The Kier molecular flexibility index (Phi) is 5.17. The van der Waals surface area contributed by atoms with Gasteiger partial charge in [0.25, 0.3) is 5.91 Å². The van der Waals surface area contributed by atoms with E-state index in [0.29, 0.717) is 24.0 Å². The van der Waals surface area contributed by atoms with Crippen LogP contribution in [-0.2, 0) is 13.6 Å². The second-order valence-corrected chi connectivity index (χ2v) is 8.18. The lowest BCUT2D eigenvalue weighted by atomic mass is 9.94. The lowest BCUT2D eigenvalue weighted by Gasteiger charge is -2.31. The maximum Gasteiger partial charge on any atom is 0.289 e. The Hall–Kier alpha value is -2.67. The summed E-state index contributed by atoms with van der Waals surface area (Å²) >= 11 is 0. The van der Waals surface area contributed by atoms with Crippen molar-refractivity contribution in [1.82, 2.24) is 19.6 Å². The molecule has 0 bridgehead atoms. The number of aromatic nitrogens is 2. The average Bonchev–Trinajstić information content (AvgIpc) is 3.22. The summed E-state index contributed by atoms with van der Waals surface area (Å²) in [5, 5.41) is 5.35. The molecular weight excluding hydrogens is 371 g/mol. The molecule has 0 aliphatic carbocycles. The highest BCUT2D eigenvalue weighted by molar-refractivity contribution is 5.99. The van der Waals surface area contributed by atoms with Gasteiger partial charge in [-0.2, -0.15) is 5.10 Å². The van der Waals surface area contributed by atoms with Gasteiger partial charge in [-0.3, -0.25) is 9.48 Å². The third-order valence-corrected chi connectivity index (χ3v) is 5.71. The van der Waals surface area contributed by atoms with Crippen LogP contribution in [0, 0.1) is 12.7 Å². The van der Waals surface area contributed by atoms with Gasteiger partial charge in [0.15, 0.2) is 17.2 Å². The van der Waals surface area contributed by atoms with Gasteiger partial charge < -0.3 is 14.2 Å². The summed E-state index contributed by atoms with van der Waals surface area (Å²) in [6.45, 7) is 3.90. The molecule has 2 aromatic heterocycles. The smallest absolute Gasteiger partial charge is 0.289 e. The molecule has 1 aliphatic rings. The van der Waals surface area contributed by atoms with Crippen LogP contribution in [0.25, 0.3) is 11.0 Å². The van der Waals surface area contributed by atoms with E-state index in [9.17, 15) is 9.18 Å². The third kappa shape index (κ3) is 3.67. The second kappa shape index (κ2) is 7.63. The minimum atomic E-state index is -0.442. The van der Waals surface area contributed by atoms with Gasteiger partial charge in [-0.25, -0.2) is 4.39 Å². The summed E-state index contributed by atoms with van der Waals surface area (Å²) in [5.74, 6) is -0.188. The Bertz CT molecular complexity index is 1050. The highest BCUT2D eigenvalue weighted by Gasteiger charge is 2.30. The van der Waals surface area contributed by atoms with Crippen molar-refractivity contribution in [1.29, 1.82) is 0 Å². The van der Waals surface area contributed by atoms with Crippen molar-refractivity contribution in [2.75, 3.05) is 27.2 Å². The minimum absolute atomic E-state index is 0.153. The zero-order valence-corrected chi connectivity index (χ0v) is 17.4. The highest BCUT2D eigenvalue weighted by atomic mass is 19.1. The van der Waals surface area contributed by atoms with E-state index >= 15 is 0 Å². The van der Waals surface area contributed by atoms with Crippen LogP contribution >= 0.6 is 0 Å². The number of amides is 1. The van der Waals surface area contributed by atoms with Crippen molar-refractivity contribution in [2.45, 2.75) is 32.2 Å². The summed E-state index contributed by atoms with van der Waals surface area (Å²) in [6, 6.07) is 6.91. The number of rotatable bonds is 4. The molecule has 7 heteroatoms. The normalized spacial score (nSPS) is 17.4. The van der Waals surface area contributed by atoms with Crippen molar-refractivity contribution in [3.8, 4) is 0 Å². The number of aryl methyl sites for hydroxylation is 2. The number of likely N-dealkylation sites (tertiary alicyclic amines) is 1. The fraction of sp³-hybridized carbons (Fsp3) is 0.455. The van der Waals surface area contributed by atoms with E-state index in [4.69, 9.17) is 9.52 Å². The Labute approximate surface area is 169 Å². The molecule has 4 rings (SSSR count). The van der Waals surface area contributed by atoms with Crippen LogP contribution in [-0.4, -0.2) is 52.7 Å². The number of halogens is 1. The van der Waals surface area contributed by atoms with Gasteiger partial charge in [0, 0.05) is 43.5 Å². The van der Waals surface area contributed by atoms with Gasteiger partial charge >= 0.3 is 0 Å². The number of hydrogen-bond donors (Lipinski definition) is 0. The SMILES string of the molecule is Cc1c(C(=O)N2CCC[C@H](c3cc(CN(C)C)n(C)n3)C2)oc2c(F)cccc12. The molecule has 29 heavy (non-hydrogen) atoms. The van der Waals surface area contributed by atoms with Crippen LogP contribution in [0.1, 0.15) is 46.3 Å². The molecule has 1 atom stereocenters. The number of carbonyl (C=O) groups excluding carboxylic acids is 1. The standard InChI is InChI=1S/C22H27FN4O2/c1-14-17-8-5-9-18(23)21(17)29-20(14)22(28)27-10-6-7-15(12-27)19-11-16(13-25(2)3)26(4)24-19/h5,8-9,11,15H,6-7,10,12-13H2,1-4H3/t15-/m0/s1. The second-order valence-electron chi connectivity index (χ2n) is 8.18. The Morgan fingerprint density at radius 1 is 1.38 bits per heavy atom. The van der Waals surface area contributed by atoms with Crippen LogP contribution in [0.5, 0.6) is 0 Å². The molecule has 1 aromatic carbocycles. The number of fused-ring (bicyclic) bond motifs is 1. The van der Waals surface area contributed by atoms with E-state index in [2.05, 4.69) is 11.0 Å². The summed E-state index contributed by atoms with van der Waals surface area (Å²) in [5.41, 5.74) is 3.02. The summed E-state index contributed by atoms with van der Waals surface area (Å²) in [7, 11) is 6.03. The van der Waals surface area contributed by atoms with Gasteiger partial charge in [-0.15, -0.1) is 0 Å². The molecule has 0 radical (unpaired) electrons. The first-order valence-electron chi connectivity index (χ1n) is 9.99. The summed E-state index contributed by atoms with van der Waals surface area (Å²) < 4.78 is 21.6. The monoisotopic (exact) mass is 398 g/mol. The zero-order valence-electron chi connectivity index (χ0n) is 17.4. The third-order valence-electron chi connectivity index (χ3n) is 5.71. The molecule has 0 spiro atoms. The lowest BCUT2D eigenvalue weighted by Crippen LogP contribution is -2.39. The van der Waals surface area contributed by atoms with E-state index < -0.39 is 5.82 Å². The molecular formula is C22H27FN4O2. The zero-order chi connectivity index (χ0) is 20.7. The van der Waals surface area contributed by atoms with Crippen LogP contribution in [0.15, 0.2) is 28.7 Å². The fourth-order valence-corrected chi connectivity index (χ4v) is 4.16. The number of carbonyl (C=O) groups is 1. The minimum Gasteiger partial charge on any atom is -0.448 e. The number of benzene rings is 1. The number of hydrogen-bond acceptors (Lipinski definition) is 4. The number of para-hydroxylation sites is 1. The molecule has 1 aliphatic heterocycles. The van der Waals surface area contributed by atoms with Crippen LogP contribution < -0.4 is 0 Å². The van der Waals surface area contributed by atoms with E-state index in [1.54, 1.807) is 12.1 Å². The Morgan fingerprint density at radius 3 is 2.90 bits per heavy atom. The van der Waals surface area contributed by atoms with Gasteiger partial charge in [0.1, 0.15) is 0 Å². The largest absolute Gasteiger partial charge is 0.448 e. The molecule has 1 fully saturated rings. The first-order valence-corrected chi connectivity index (χ1v) is 9.99. The van der Waals surface area contributed by atoms with Crippen molar-refractivity contribution < 1.29 is 13.6 Å². The van der Waals surface area contributed by atoms with E-state index in [0.717, 1.165) is 30.8 Å². The lowest BCUT2D eigenvalue weighted by molar-refractivity contribution is 0.0674. The van der Waals surface area contributed by atoms with E-state index in [1.165, 1.54) is 6.07 Å². The Balaban J connectivity index is 1.57. The van der Waals surface area contributed by atoms with Gasteiger partial charge in [-0.1, -0.05) is 12.1 Å². The quantitative estimate of drug-likeness (QED) is 0.673. The molecule has 6 nitrogen and oxygen atoms in total. The summed E-state index contributed by atoms with van der Waals surface area (Å²) in [4.78, 5) is 17.1. The van der Waals surface area contributed by atoms with Crippen molar-refractivity contribution in [2.24, 2.45) is 7.05 Å². The molecule has 3 aromatic rings. The van der Waals surface area contributed by atoms with Crippen molar-refractivity contribution in [3.05, 3.63) is 52.8 Å². The number of furan rings is 1. The fourth-order valence-electron chi connectivity index (χ4n) is 4.16. The predicted molar refractivity (Wildman–Crippen MR) is 109 cm³/mol. The molecule has 154 valence electrons. The van der Waals surface area contributed by atoms with Crippen LogP contribution in [0.3, 0.4) is 0 Å². The molecule has 1 saturated heterocycles. The Morgan fingerprint density at radius 2 is 2.17 bits per heavy atom. The topological polar surface area (TPSA) is 54.5 Å². The summed E-state index contributed by atoms with van der Waals surface area (Å²) in [6.07, 6.45) is 1.90. The van der Waals surface area contributed by atoms with Crippen molar-refractivity contribution >= 4 is 16.9 Å². The molecule has 1 amide bonds. The van der Waals surface area contributed by atoms with Gasteiger partial charge in [-0.05, 0) is 46.0 Å². The van der Waals surface area contributed by atoms with E-state index in [-0.39, 0.29) is 23.2 Å². The van der Waals surface area contributed by atoms with Gasteiger partial charge in [0.05, 0.1) is 11.4 Å². The van der Waals surface area contributed by atoms with Crippen LogP contribution in [0.2, 0.25) is 0 Å².